The number of halogens is 3. The fourth-order valence-electron chi connectivity index (χ4n) is 1.51. The molecule has 0 fully saturated rings. The molecule has 1 aromatic heterocycles. The summed E-state index contributed by atoms with van der Waals surface area (Å²) in [4.78, 5) is 26.3. The zero-order valence-corrected chi connectivity index (χ0v) is 11.0. The van der Waals surface area contributed by atoms with Crippen LogP contribution >= 0.6 is 11.6 Å². The van der Waals surface area contributed by atoms with E-state index in [0.717, 1.165) is 12.3 Å². The van der Waals surface area contributed by atoms with Crippen molar-refractivity contribution in [2.75, 3.05) is 5.32 Å². The Kier molecular flexibility index (Phi) is 4.13. The van der Waals surface area contributed by atoms with Crippen LogP contribution in [0.25, 0.3) is 0 Å². The van der Waals surface area contributed by atoms with Gasteiger partial charge in [0.2, 0.25) is 0 Å². The topological polar surface area (TPSA) is 79.3 Å². The van der Waals surface area contributed by atoms with Crippen LogP contribution in [0.1, 0.15) is 20.7 Å². The van der Waals surface area contributed by atoms with Gasteiger partial charge in [0, 0.05) is 6.20 Å². The summed E-state index contributed by atoms with van der Waals surface area (Å²) in [6.45, 7) is 0. The molecule has 0 aliphatic carbocycles. The zero-order chi connectivity index (χ0) is 15.6. The molecule has 108 valence electrons. The van der Waals surface area contributed by atoms with Crippen molar-refractivity contribution >= 4 is 29.3 Å². The van der Waals surface area contributed by atoms with Crippen molar-refractivity contribution in [1.29, 1.82) is 0 Å². The van der Waals surface area contributed by atoms with Crippen molar-refractivity contribution in [2.24, 2.45) is 0 Å². The molecular weight excluding hydrogens is 306 g/mol. The summed E-state index contributed by atoms with van der Waals surface area (Å²) in [6, 6.07) is 3.63. The SMILES string of the molecule is O=C(O)c1ccnc(NC(=O)c2cc(F)c(Cl)cc2F)c1. The minimum Gasteiger partial charge on any atom is -0.478 e. The standard InChI is InChI=1S/C13H7ClF2N2O3/c14-8-5-9(15)7(4-10(8)16)12(19)18-11-3-6(13(20)21)1-2-17-11/h1-5H,(H,20,21)(H,17,18,19). The largest absolute Gasteiger partial charge is 0.478 e. The molecule has 0 spiro atoms. The van der Waals surface area contributed by atoms with E-state index >= 15 is 0 Å². The maximum atomic E-state index is 13.6. The molecule has 2 aromatic rings. The maximum absolute atomic E-state index is 13.6. The highest BCUT2D eigenvalue weighted by Gasteiger charge is 2.16. The molecule has 0 atom stereocenters. The Hall–Kier alpha value is -2.54. The summed E-state index contributed by atoms with van der Waals surface area (Å²) in [5.74, 6) is -4.24. The smallest absolute Gasteiger partial charge is 0.335 e. The Morgan fingerprint density at radius 2 is 1.90 bits per heavy atom. The highest BCUT2D eigenvalue weighted by molar-refractivity contribution is 6.30. The van der Waals surface area contributed by atoms with E-state index in [1.807, 2.05) is 0 Å². The number of carbonyl (C=O) groups is 2. The van der Waals surface area contributed by atoms with Crippen molar-refractivity contribution < 1.29 is 23.5 Å². The third-order valence-electron chi connectivity index (χ3n) is 2.50. The van der Waals surface area contributed by atoms with Gasteiger partial charge in [0.25, 0.3) is 5.91 Å². The van der Waals surface area contributed by atoms with Crippen LogP contribution in [0.4, 0.5) is 14.6 Å². The number of hydrogen-bond acceptors (Lipinski definition) is 3. The lowest BCUT2D eigenvalue weighted by Gasteiger charge is -2.07. The van der Waals surface area contributed by atoms with E-state index in [0.29, 0.717) is 12.1 Å². The molecule has 8 heteroatoms. The van der Waals surface area contributed by atoms with Gasteiger partial charge in [0.1, 0.15) is 17.5 Å². The summed E-state index contributed by atoms with van der Waals surface area (Å²) < 4.78 is 26.8. The minimum atomic E-state index is -1.21. The van der Waals surface area contributed by atoms with Crippen molar-refractivity contribution in [1.82, 2.24) is 4.98 Å². The van der Waals surface area contributed by atoms with Crippen LogP contribution < -0.4 is 5.32 Å². The van der Waals surface area contributed by atoms with Crippen LogP contribution in [0.2, 0.25) is 5.02 Å². The number of pyridine rings is 1. The van der Waals surface area contributed by atoms with Crippen molar-refractivity contribution in [3.63, 3.8) is 0 Å². The lowest BCUT2D eigenvalue weighted by molar-refractivity contribution is 0.0696. The van der Waals surface area contributed by atoms with Gasteiger partial charge in [-0.1, -0.05) is 11.6 Å². The van der Waals surface area contributed by atoms with Gasteiger partial charge >= 0.3 is 5.97 Å². The summed E-state index contributed by atoms with van der Waals surface area (Å²) in [7, 11) is 0. The number of carboxylic acids is 1. The number of hydrogen-bond donors (Lipinski definition) is 2. The van der Waals surface area contributed by atoms with E-state index in [9.17, 15) is 18.4 Å². The van der Waals surface area contributed by atoms with Gasteiger partial charge in [-0.05, 0) is 24.3 Å². The first kappa shape index (κ1) is 14.9. The molecule has 1 amide bonds. The first-order chi connectivity index (χ1) is 9.88. The molecule has 0 saturated heterocycles. The number of rotatable bonds is 3. The molecule has 0 aliphatic heterocycles. The van der Waals surface area contributed by atoms with E-state index in [-0.39, 0.29) is 11.4 Å². The average molecular weight is 313 g/mol. The Labute approximate surface area is 122 Å². The average Bonchev–Trinajstić information content (AvgIpc) is 2.43. The third-order valence-corrected chi connectivity index (χ3v) is 2.79. The van der Waals surface area contributed by atoms with Crippen LogP contribution in [0, 0.1) is 11.6 Å². The highest BCUT2D eigenvalue weighted by Crippen LogP contribution is 2.20. The van der Waals surface area contributed by atoms with E-state index < -0.39 is 34.1 Å². The summed E-state index contributed by atoms with van der Waals surface area (Å²) >= 11 is 5.38. The van der Waals surface area contributed by atoms with Gasteiger partial charge in [0.05, 0.1) is 16.1 Å². The van der Waals surface area contributed by atoms with Crippen molar-refractivity contribution in [2.45, 2.75) is 0 Å². The molecule has 2 N–H and O–H groups in total. The van der Waals surface area contributed by atoms with E-state index in [4.69, 9.17) is 16.7 Å². The second-order valence-corrected chi connectivity index (χ2v) is 4.34. The van der Waals surface area contributed by atoms with E-state index in [1.165, 1.54) is 6.07 Å². The van der Waals surface area contributed by atoms with Gasteiger partial charge in [-0.25, -0.2) is 18.6 Å². The van der Waals surface area contributed by atoms with Crippen molar-refractivity contribution in [3.8, 4) is 0 Å². The maximum Gasteiger partial charge on any atom is 0.335 e. The number of nitrogens with zero attached hydrogens (tertiary/aromatic N) is 1. The van der Waals surface area contributed by atoms with E-state index in [2.05, 4.69) is 10.3 Å². The first-order valence-corrected chi connectivity index (χ1v) is 5.91. The van der Waals surface area contributed by atoms with Gasteiger partial charge in [0.15, 0.2) is 0 Å². The zero-order valence-electron chi connectivity index (χ0n) is 10.2. The molecule has 0 saturated carbocycles. The molecule has 1 heterocycles. The van der Waals surface area contributed by atoms with Crippen LogP contribution in [-0.2, 0) is 0 Å². The predicted octanol–water partition coefficient (Wildman–Crippen LogP) is 2.96. The summed E-state index contributed by atoms with van der Waals surface area (Å²) in [5, 5.41) is 10.5. The molecule has 0 bridgehead atoms. The van der Waals surface area contributed by atoms with Gasteiger partial charge in [-0.15, -0.1) is 0 Å². The van der Waals surface area contributed by atoms with E-state index in [1.54, 1.807) is 0 Å². The molecule has 0 aliphatic rings. The predicted molar refractivity (Wildman–Crippen MR) is 70.5 cm³/mol. The lowest BCUT2D eigenvalue weighted by Crippen LogP contribution is -2.15. The number of aromatic carboxylic acids is 1. The summed E-state index contributed by atoms with van der Waals surface area (Å²) in [6.07, 6.45) is 1.16. The van der Waals surface area contributed by atoms with Crippen LogP contribution in [0.15, 0.2) is 30.5 Å². The number of carboxylic acid groups (broad SMARTS) is 1. The minimum absolute atomic E-state index is 0.102. The number of anilines is 1. The number of amides is 1. The third kappa shape index (κ3) is 3.32. The Morgan fingerprint density at radius 1 is 1.19 bits per heavy atom. The van der Waals surface area contributed by atoms with Crippen molar-refractivity contribution in [3.05, 3.63) is 58.2 Å². The highest BCUT2D eigenvalue weighted by atomic mass is 35.5. The van der Waals surface area contributed by atoms with Crippen LogP contribution in [0.5, 0.6) is 0 Å². The summed E-state index contributed by atoms with van der Waals surface area (Å²) in [5.41, 5.74) is -0.678. The Balaban J connectivity index is 2.28. The van der Waals surface area contributed by atoms with Crippen LogP contribution in [-0.4, -0.2) is 22.0 Å². The Morgan fingerprint density at radius 3 is 2.57 bits per heavy atom. The monoisotopic (exact) mass is 312 g/mol. The van der Waals surface area contributed by atoms with Gasteiger partial charge < -0.3 is 10.4 Å². The normalized spacial score (nSPS) is 10.2. The van der Waals surface area contributed by atoms with Gasteiger partial charge in [-0.2, -0.15) is 0 Å². The fraction of sp³-hybridized carbons (Fsp3) is 0. The molecule has 0 radical (unpaired) electrons. The van der Waals surface area contributed by atoms with Gasteiger partial charge in [-0.3, -0.25) is 4.79 Å². The lowest BCUT2D eigenvalue weighted by atomic mass is 10.2. The molecule has 0 unspecified atom stereocenters. The Bertz CT molecular complexity index is 737. The molecule has 21 heavy (non-hydrogen) atoms. The first-order valence-electron chi connectivity index (χ1n) is 5.53. The number of carbonyl (C=O) groups excluding carboxylic acids is 1. The molecule has 1 aromatic carbocycles. The number of benzene rings is 1. The second-order valence-electron chi connectivity index (χ2n) is 3.94. The van der Waals surface area contributed by atoms with Crippen LogP contribution in [0.3, 0.4) is 0 Å². The quantitative estimate of drug-likeness (QED) is 0.854. The number of aromatic nitrogens is 1. The molecule has 5 nitrogen and oxygen atoms in total. The number of nitrogens with one attached hydrogen (secondary N) is 1. The molecule has 2 rings (SSSR count). The second kappa shape index (κ2) is 5.84. The molecular formula is C13H7ClF2N2O3. The fourth-order valence-corrected chi connectivity index (χ4v) is 1.66.